The first-order chi connectivity index (χ1) is 9.72. The summed E-state index contributed by atoms with van der Waals surface area (Å²) in [4.78, 5) is 30.0. The van der Waals surface area contributed by atoms with Crippen LogP contribution < -0.4 is 10.9 Å². The number of rotatable bonds is 3. The molecule has 0 saturated carbocycles. The van der Waals surface area contributed by atoms with Gasteiger partial charge in [-0.05, 0) is 24.3 Å². The number of fused-ring (bicyclic) bond motifs is 1. The molecule has 3 rings (SSSR count). The zero-order valence-electron chi connectivity index (χ0n) is 10.4. The van der Waals surface area contributed by atoms with E-state index < -0.39 is 0 Å². The molecular weight excluding hydrogens is 258 g/mol. The van der Waals surface area contributed by atoms with Crippen LogP contribution in [0.3, 0.4) is 0 Å². The fourth-order valence-electron chi connectivity index (χ4n) is 1.79. The second kappa shape index (κ2) is 4.96. The number of pyridine rings is 1. The van der Waals surface area contributed by atoms with Crippen LogP contribution in [0.4, 0.5) is 0 Å². The molecule has 1 amide bonds. The molecule has 0 aromatic carbocycles. The van der Waals surface area contributed by atoms with Crippen LogP contribution >= 0.6 is 0 Å². The number of carbonyl (C=O) groups is 1. The van der Waals surface area contributed by atoms with Gasteiger partial charge in [-0.1, -0.05) is 0 Å². The van der Waals surface area contributed by atoms with Gasteiger partial charge in [0.1, 0.15) is 11.3 Å². The molecule has 20 heavy (non-hydrogen) atoms. The molecule has 7 heteroatoms. The quantitative estimate of drug-likeness (QED) is 0.646. The highest BCUT2D eigenvalue weighted by Gasteiger charge is 2.08. The molecule has 0 aliphatic carbocycles. The van der Waals surface area contributed by atoms with Gasteiger partial charge in [-0.3, -0.25) is 9.59 Å². The first kappa shape index (κ1) is 12.1. The molecule has 3 aromatic heterocycles. The summed E-state index contributed by atoms with van der Waals surface area (Å²) in [6.07, 6.45) is 1.77. The number of carbonyl (C=O) groups excluding carboxylic acids is 1. The van der Waals surface area contributed by atoms with Gasteiger partial charge in [-0.15, -0.1) is 0 Å². The second-order valence-electron chi connectivity index (χ2n) is 4.21. The van der Waals surface area contributed by atoms with Crippen LogP contribution in [0.2, 0.25) is 0 Å². The molecule has 3 N–H and O–H groups in total. The van der Waals surface area contributed by atoms with Gasteiger partial charge in [0.15, 0.2) is 0 Å². The fraction of sp³-hybridized carbons (Fsp3) is 0.0769. The summed E-state index contributed by atoms with van der Waals surface area (Å²) < 4.78 is 0. The molecule has 7 nitrogen and oxygen atoms in total. The van der Waals surface area contributed by atoms with Crippen LogP contribution in [0.15, 0.2) is 41.3 Å². The SMILES string of the molecule is O=C(NCc1ccc(=O)[nH]n1)c1ccc2cc[nH]c2n1. The maximum absolute atomic E-state index is 12.0. The van der Waals surface area contributed by atoms with Crippen molar-refractivity contribution in [2.24, 2.45) is 0 Å². The monoisotopic (exact) mass is 269 g/mol. The summed E-state index contributed by atoms with van der Waals surface area (Å²) in [7, 11) is 0. The predicted octanol–water partition coefficient (Wildman–Crippen LogP) is 0.576. The Balaban J connectivity index is 1.72. The van der Waals surface area contributed by atoms with Gasteiger partial charge in [-0.2, -0.15) is 5.10 Å². The topological polar surface area (TPSA) is 104 Å². The van der Waals surface area contributed by atoms with Crippen LogP contribution in [0, 0.1) is 0 Å². The molecule has 3 aromatic rings. The maximum Gasteiger partial charge on any atom is 0.270 e. The zero-order chi connectivity index (χ0) is 13.9. The Kier molecular flexibility index (Phi) is 3.00. The Hall–Kier alpha value is -2.96. The lowest BCUT2D eigenvalue weighted by atomic mass is 10.3. The van der Waals surface area contributed by atoms with E-state index >= 15 is 0 Å². The Bertz CT molecular complexity index is 800. The first-order valence-electron chi connectivity index (χ1n) is 5.99. The minimum atomic E-state index is -0.297. The van der Waals surface area contributed by atoms with E-state index in [1.165, 1.54) is 6.07 Å². The Labute approximate surface area is 113 Å². The number of hydrogen-bond acceptors (Lipinski definition) is 4. The lowest BCUT2D eigenvalue weighted by molar-refractivity contribution is 0.0945. The van der Waals surface area contributed by atoms with Crippen LogP contribution in [0.5, 0.6) is 0 Å². The third-order valence-corrected chi connectivity index (χ3v) is 2.81. The third kappa shape index (κ3) is 2.41. The maximum atomic E-state index is 12.0. The molecule has 0 spiro atoms. The average Bonchev–Trinajstić information content (AvgIpc) is 2.93. The largest absolute Gasteiger partial charge is 0.346 e. The molecular formula is C13H11N5O2. The number of H-pyrrole nitrogens is 2. The van der Waals surface area contributed by atoms with Crippen molar-refractivity contribution >= 4 is 16.9 Å². The van der Waals surface area contributed by atoms with Crippen LogP contribution in [0.1, 0.15) is 16.2 Å². The number of hydrogen-bond donors (Lipinski definition) is 3. The third-order valence-electron chi connectivity index (χ3n) is 2.81. The van der Waals surface area contributed by atoms with Crippen molar-refractivity contribution in [3.05, 3.63) is 58.3 Å². The highest BCUT2D eigenvalue weighted by atomic mass is 16.2. The summed E-state index contributed by atoms with van der Waals surface area (Å²) in [6.45, 7) is 0.222. The summed E-state index contributed by atoms with van der Waals surface area (Å²) in [5.41, 5.74) is 1.28. The summed E-state index contributed by atoms with van der Waals surface area (Å²) in [5, 5.41) is 9.75. The van der Waals surface area contributed by atoms with Gasteiger partial charge in [0, 0.05) is 17.6 Å². The lowest BCUT2D eigenvalue weighted by Gasteiger charge is -2.03. The molecule has 0 unspecified atom stereocenters. The van der Waals surface area contributed by atoms with Gasteiger partial charge in [0.25, 0.3) is 11.5 Å². The molecule has 0 atom stereocenters. The minimum Gasteiger partial charge on any atom is -0.346 e. The average molecular weight is 269 g/mol. The summed E-state index contributed by atoms with van der Waals surface area (Å²) in [6, 6.07) is 8.28. The van der Waals surface area contributed by atoms with E-state index in [9.17, 15) is 9.59 Å². The van der Waals surface area contributed by atoms with Crippen LogP contribution in [0.25, 0.3) is 11.0 Å². The van der Waals surface area contributed by atoms with Gasteiger partial charge >= 0.3 is 0 Å². The smallest absolute Gasteiger partial charge is 0.270 e. The van der Waals surface area contributed by atoms with E-state index in [0.717, 1.165) is 5.39 Å². The highest BCUT2D eigenvalue weighted by molar-refractivity contribution is 5.94. The number of aromatic amines is 2. The number of amides is 1. The van der Waals surface area contributed by atoms with E-state index in [4.69, 9.17) is 0 Å². The van der Waals surface area contributed by atoms with Crippen molar-refractivity contribution in [1.82, 2.24) is 25.5 Å². The van der Waals surface area contributed by atoms with E-state index in [0.29, 0.717) is 17.0 Å². The molecule has 3 heterocycles. The van der Waals surface area contributed by atoms with E-state index in [-0.39, 0.29) is 18.0 Å². The minimum absolute atomic E-state index is 0.222. The highest BCUT2D eigenvalue weighted by Crippen LogP contribution is 2.10. The number of nitrogens with one attached hydrogen (secondary N) is 3. The molecule has 100 valence electrons. The van der Waals surface area contributed by atoms with Gasteiger partial charge < -0.3 is 10.3 Å². The molecule has 0 saturated heterocycles. The van der Waals surface area contributed by atoms with Crippen LogP contribution in [-0.2, 0) is 6.54 Å². The van der Waals surface area contributed by atoms with Crippen LogP contribution in [-0.4, -0.2) is 26.1 Å². The van der Waals surface area contributed by atoms with Gasteiger partial charge in [0.05, 0.1) is 12.2 Å². The summed E-state index contributed by atoms with van der Waals surface area (Å²) >= 11 is 0. The van der Waals surface area contributed by atoms with Crippen molar-refractivity contribution in [1.29, 1.82) is 0 Å². The normalized spacial score (nSPS) is 10.6. The number of nitrogens with zero attached hydrogens (tertiary/aromatic N) is 2. The van der Waals surface area contributed by atoms with Crippen molar-refractivity contribution in [2.45, 2.75) is 6.54 Å². The van der Waals surface area contributed by atoms with Gasteiger partial charge in [0.2, 0.25) is 0 Å². The van der Waals surface area contributed by atoms with Crippen molar-refractivity contribution < 1.29 is 4.79 Å². The van der Waals surface area contributed by atoms with Crippen molar-refractivity contribution in [2.75, 3.05) is 0 Å². The molecule has 0 aliphatic heterocycles. The molecule has 0 fully saturated rings. The summed E-state index contributed by atoms with van der Waals surface area (Å²) in [5.74, 6) is -0.297. The molecule has 0 bridgehead atoms. The first-order valence-corrected chi connectivity index (χ1v) is 5.99. The Morgan fingerprint density at radius 1 is 1.20 bits per heavy atom. The van der Waals surface area contributed by atoms with Crippen molar-refractivity contribution in [3.8, 4) is 0 Å². The zero-order valence-corrected chi connectivity index (χ0v) is 10.4. The predicted molar refractivity (Wildman–Crippen MR) is 72.1 cm³/mol. The van der Waals surface area contributed by atoms with Crippen molar-refractivity contribution in [3.63, 3.8) is 0 Å². The Morgan fingerprint density at radius 2 is 2.10 bits per heavy atom. The fourth-order valence-corrected chi connectivity index (χ4v) is 1.79. The molecule has 0 aliphatic rings. The second-order valence-corrected chi connectivity index (χ2v) is 4.21. The standard InChI is InChI=1S/C13H11N5O2/c19-11-4-2-9(17-18-11)7-15-13(20)10-3-1-8-5-6-14-12(8)16-10/h1-6H,7H2,(H,14,16)(H,15,20)(H,18,19). The van der Waals surface area contributed by atoms with Gasteiger partial charge in [-0.25, -0.2) is 10.1 Å². The van der Waals surface area contributed by atoms with E-state index in [1.807, 2.05) is 12.1 Å². The lowest BCUT2D eigenvalue weighted by Crippen LogP contribution is -2.25. The Morgan fingerprint density at radius 3 is 2.90 bits per heavy atom. The van der Waals surface area contributed by atoms with E-state index in [2.05, 4.69) is 25.5 Å². The number of aromatic nitrogens is 4. The molecule has 0 radical (unpaired) electrons. The van der Waals surface area contributed by atoms with E-state index in [1.54, 1.807) is 18.3 Å².